The van der Waals surface area contributed by atoms with E-state index < -0.39 is 0 Å². The van der Waals surface area contributed by atoms with Gasteiger partial charge in [0.2, 0.25) is 0 Å². The summed E-state index contributed by atoms with van der Waals surface area (Å²) in [6, 6.07) is 8.83. The smallest absolute Gasteiger partial charge is 0.00122 e. The number of rotatable bonds is 2. The summed E-state index contributed by atoms with van der Waals surface area (Å²) >= 11 is 0. The van der Waals surface area contributed by atoms with Gasteiger partial charge in [0, 0.05) is 0 Å². The number of hydrogen-bond acceptors (Lipinski definition) is 1. The zero-order valence-electron chi connectivity index (χ0n) is 10.7. The second-order valence-electron chi connectivity index (χ2n) is 5.58. The Kier molecular flexibility index (Phi) is 3.34. The summed E-state index contributed by atoms with van der Waals surface area (Å²) in [4.78, 5) is 0. The topological polar surface area (TPSA) is 12.0 Å². The van der Waals surface area contributed by atoms with Crippen LogP contribution in [0.4, 0.5) is 0 Å². The molecule has 0 amide bonds. The fraction of sp³-hybridized carbons (Fsp3) is 0.600. The first-order chi connectivity index (χ1) is 7.62. The monoisotopic (exact) mass is 217 g/mol. The molecule has 1 heteroatoms. The van der Waals surface area contributed by atoms with Gasteiger partial charge in [-0.25, -0.2) is 0 Å². The van der Waals surface area contributed by atoms with Crippen molar-refractivity contribution in [3.8, 4) is 0 Å². The van der Waals surface area contributed by atoms with E-state index in [-0.39, 0.29) is 0 Å². The van der Waals surface area contributed by atoms with Crippen LogP contribution in [0.1, 0.15) is 37.8 Å². The van der Waals surface area contributed by atoms with E-state index in [0.29, 0.717) is 5.41 Å². The van der Waals surface area contributed by atoms with Gasteiger partial charge in [-0.15, -0.1) is 0 Å². The predicted molar refractivity (Wildman–Crippen MR) is 69.8 cm³/mol. The molecule has 1 aromatic rings. The molecule has 0 aliphatic carbocycles. The summed E-state index contributed by atoms with van der Waals surface area (Å²) in [7, 11) is 0. The van der Waals surface area contributed by atoms with Crippen LogP contribution in [-0.4, -0.2) is 13.1 Å². The van der Waals surface area contributed by atoms with Gasteiger partial charge >= 0.3 is 0 Å². The molecule has 1 aliphatic rings. The third-order valence-electron chi connectivity index (χ3n) is 4.16. The first-order valence-electron chi connectivity index (χ1n) is 6.39. The average molecular weight is 217 g/mol. The molecule has 0 radical (unpaired) electrons. The zero-order chi connectivity index (χ0) is 11.6. The summed E-state index contributed by atoms with van der Waals surface area (Å²) < 4.78 is 0. The average Bonchev–Trinajstić information content (AvgIpc) is 2.30. The summed E-state index contributed by atoms with van der Waals surface area (Å²) in [6.45, 7) is 9.38. The largest absolute Gasteiger partial charge is 0.316 e. The van der Waals surface area contributed by atoms with Gasteiger partial charge in [-0.2, -0.15) is 0 Å². The highest BCUT2D eigenvalue weighted by atomic mass is 14.9. The molecule has 0 saturated carbocycles. The summed E-state index contributed by atoms with van der Waals surface area (Å²) in [5.41, 5.74) is 3.24. The van der Waals surface area contributed by atoms with E-state index in [1.165, 1.54) is 37.1 Å². The number of hydrogen-bond donors (Lipinski definition) is 1. The number of piperidine rings is 1. The third kappa shape index (κ3) is 2.15. The standard InChI is InChI=1S/C15H23N/c1-12-7-4-5-9-14(12)15(2,3)13-8-6-10-16-11-13/h4-5,7,9,13,16H,6,8,10-11H2,1-3H3. The Balaban J connectivity index is 2.26. The van der Waals surface area contributed by atoms with Gasteiger partial charge in [-0.3, -0.25) is 0 Å². The molecule has 0 bridgehead atoms. The molecular weight excluding hydrogens is 194 g/mol. The highest BCUT2D eigenvalue weighted by Crippen LogP contribution is 2.36. The highest BCUT2D eigenvalue weighted by Gasteiger charge is 2.32. The van der Waals surface area contributed by atoms with Crippen LogP contribution in [0.5, 0.6) is 0 Å². The summed E-state index contributed by atoms with van der Waals surface area (Å²) in [5, 5.41) is 3.53. The molecule has 1 atom stereocenters. The molecule has 16 heavy (non-hydrogen) atoms. The first kappa shape index (κ1) is 11.7. The van der Waals surface area contributed by atoms with Gasteiger partial charge < -0.3 is 5.32 Å². The van der Waals surface area contributed by atoms with Gasteiger partial charge in [0.25, 0.3) is 0 Å². The van der Waals surface area contributed by atoms with Crippen LogP contribution >= 0.6 is 0 Å². The maximum absolute atomic E-state index is 3.53. The Morgan fingerprint density at radius 1 is 1.25 bits per heavy atom. The van der Waals surface area contributed by atoms with Gasteiger partial charge in [0.05, 0.1) is 0 Å². The van der Waals surface area contributed by atoms with Gasteiger partial charge in [-0.05, 0) is 55.3 Å². The van der Waals surface area contributed by atoms with Gasteiger partial charge in [-0.1, -0.05) is 38.1 Å². The molecule has 0 aromatic heterocycles. The van der Waals surface area contributed by atoms with Crippen molar-refractivity contribution >= 4 is 0 Å². The normalized spacial score (nSPS) is 22.1. The second-order valence-corrected chi connectivity index (χ2v) is 5.58. The van der Waals surface area contributed by atoms with E-state index in [0.717, 1.165) is 5.92 Å². The lowest BCUT2D eigenvalue weighted by Gasteiger charge is -2.38. The Labute approximate surface area is 99.3 Å². The van der Waals surface area contributed by atoms with Crippen LogP contribution in [-0.2, 0) is 5.41 Å². The molecule has 88 valence electrons. The van der Waals surface area contributed by atoms with Gasteiger partial charge in [0.15, 0.2) is 0 Å². The second kappa shape index (κ2) is 4.58. The van der Waals surface area contributed by atoms with Crippen molar-refractivity contribution in [1.29, 1.82) is 0 Å². The van der Waals surface area contributed by atoms with Crippen LogP contribution in [0, 0.1) is 12.8 Å². The zero-order valence-corrected chi connectivity index (χ0v) is 10.7. The minimum absolute atomic E-state index is 0.290. The molecule has 1 nitrogen and oxygen atoms in total. The van der Waals surface area contributed by atoms with E-state index in [9.17, 15) is 0 Å². The fourth-order valence-corrected chi connectivity index (χ4v) is 2.98. The van der Waals surface area contributed by atoms with Gasteiger partial charge in [0.1, 0.15) is 0 Å². The van der Waals surface area contributed by atoms with E-state index in [1.807, 2.05) is 0 Å². The van der Waals surface area contributed by atoms with Crippen LogP contribution in [0.3, 0.4) is 0 Å². The quantitative estimate of drug-likeness (QED) is 0.801. The molecule has 1 heterocycles. The fourth-order valence-electron chi connectivity index (χ4n) is 2.98. The lowest BCUT2D eigenvalue weighted by atomic mass is 9.69. The molecule has 0 spiro atoms. The van der Waals surface area contributed by atoms with E-state index in [1.54, 1.807) is 0 Å². The van der Waals surface area contributed by atoms with Crippen molar-refractivity contribution in [2.75, 3.05) is 13.1 Å². The molecule has 1 saturated heterocycles. The molecule has 1 unspecified atom stereocenters. The predicted octanol–water partition coefficient (Wildman–Crippen LogP) is 3.27. The maximum atomic E-state index is 3.53. The molecular formula is C15H23N. The Bertz CT molecular complexity index is 348. The van der Waals surface area contributed by atoms with Crippen LogP contribution in [0.2, 0.25) is 0 Å². The van der Waals surface area contributed by atoms with Crippen molar-refractivity contribution in [3.63, 3.8) is 0 Å². The Morgan fingerprint density at radius 2 is 2.00 bits per heavy atom. The van der Waals surface area contributed by atoms with Crippen molar-refractivity contribution in [1.82, 2.24) is 5.32 Å². The van der Waals surface area contributed by atoms with Crippen molar-refractivity contribution in [2.45, 2.75) is 39.0 Å². The van der Waals surface area contributed by atoms with Crippen LogP contribution in [0.25, 0.3) is 0 Å². The molecule has 1 N–H and O–H groups in total. The molecule has 1 fully saturated rings. The van der Waals surface area contributed by atoms with E-state index in [2.05, 4.69) is 50.4 Å². The van der Waals surface area contributed by atoms with Crippen molar-refractivity contribution in [2.24, 2.45) is 5.92 Å². The summed E-state index contributed by atoms with van der Waals surface area (Å²) in [5.74, 6) is 0.766. The van der Waals surface area contributed by atoms with Crippen LogP contribution in [0.15, 0.2) is 24.3 Å². The maximum Gasteiger partial charge on any atom is -0.00122 e. The Morgan fingerprint density at radius 3 is 2.62 bits per heavy atom. The Hall–Kier alpha value is -0.820. The molecule has 2 rings (SSSR count). The number of aryl methyl sites for hydroxylation is 1. The van der Waals surface area contributed by atoms with Crippen molar-refractivity contribution in [3.05, 3.63) is 35.4 Å². The number of nitrogens with one attached hydrogen (secondary N) is 1. The number of benzene rings is 1. The van der Waals surface area contributed by atoms with E-state index in [4.69, 9.17) is 0 Å². The lowest BCUT2D eigenvalue weighted by molar-refractivity contribution is 0.251. The SMILES string of the molecule is Cc1ccccc1C(C)(C)C1CCCNC1. The third-order valence-corrected chi connectivity index (χ3v) is 4.16. The van der Waals surface area contributed by atoms with Crippen molar-refractivity contribution < 1.29 is 0 Å². The minimum Gasteiger partial charge on any atom is -0.316 e. The highest BCUT2D eigenvalue weighted by molar-refractivity contribution is 5.33. The van der Waals surface area contributed by atoms with Crippen LogP contribution < -0.4 is 5.32 Å². The van der Waals surface area contributed by atoms with E-state index >= 15 is 0 Å². The lowest BCUT2D eigenvalue weighted by Crippen LogP contribution is -2.41. The first-order valence-corrected chi connectivity index (χ1v) is 6.39. The minimum atomic E-state index is 0.290. The molecule has 1 aromatic carbocycles. The summed E-state index contributed by atoms with van der Waals surface area (Å²) in [6.07, 6.45) is 2.67. The molecule has 1 aliphatic heterocycles.